The summed E-state index contributed by atoms with van der Waals surface area (Å²) in [6, 6.07) is 0. The van der Waals surface area contributed by atoms with E-state index in [0.717, 1.165) is 32.3 Å². The monoisotopic (exact) mass is 210 g/mol. The van der Waals surface area contributed by atoms with Gasteiger partial charge in [0.25, 0.3) is 0 Å². The second-order valence-corrected chi connectivity index (χ2v) is 4.27. The molecule has 3 heteroatoms. The summed E-state index contributed by atoms with van der Waals surface area (Å²) in [4.78, 5) is 0. The fourth-order valence-corrected chi connectivity index (χ4v) is 2.61. The first-order chi connectivity index (χ1) is 7.28. The number of hydrogen-bond donors (Lipinski definition) is 0. The fourth-order valence-electron chi connectivity index (χ4n) is 2.61. The third kappa shape index (κ3) is 2.17. The number of rotatable bonds is 6. The molecule has 0 aromatic heterocycles. The molecule has 0 radical (unpaired) electrons. The average molecular weight is 210 g/mol. The second kappa shape index (κ2) is 4.27. The molecule has 0 aromatic rings. The van der Waals surface area contributed by atoms with Crippen molar-refractivity contribution in [1.29, 1.82) is 0 Å². The summed E-state index contributed by atoms with van der Waals surface area (Å²) in [7, 11) is 0. The highest BCUT2D eigenvalue weighted by Gasteiger charge is 2.53. The normalized spacial score (nSPS) is 37.6. The molecule has 84 valence electrons. The van der Waals surface area contributed by atoms with Crippen LogP contribution in [0.1, 0.15) is 25.7 Å². The van der Waals surface area contributed by atoms with Gasteiger partial charge in [-0.05, 0) is 18.8 Å². The second-order valence-electron chi connectivity index (χ2n) is 4.27. The van der Waals surface area contributed by atoms with E-state index in [1.54, 1.807) is 0 Å². The van der Waals surface area contributed by atoms with Crippen molar-refractivity contribution in [2.45, 2.75) is 37.6 Å². The molecule has 3 rings (SSSR count). The zero-order chi connectivity index (χ0) is 10.7. The predicted octanol–water partition coefficient (Wildman–Crippen LogP) is 2.59. The van der Waals surface area contributed by atoms with Crippen LogP contribution in [0, 0.1) is 5.92 Å². The van der Waals surface area contributed by atoms with Crippen LogP contribution in [0.4, 0.5) is 0 Å². The zero-order valence-corrected chi connectivity index (χ0v) is 8.98. The van der Waals surface area contributed by atoms with E-state index in [4.69, 9.17) is 14.2 Å². The molecular formula is C12H18O3. The van der Waals surface area contributed by atoms with Gasteiger partial charge in [0.05, 0.1) is 25.2 Å². The molecule has 0 N–H and O–H groups in total. The Bertz CT molecular complexity index is 243. The van der Waals surface area contributed by atoms with Crippen molar-refractivity contribution in [2.24, 2.45) is 5.92 Å². The molecule has 0 aromatic carbocycles. The molecule has 3 nitrogen and oxygen atoms in total. The first-order valence-corrected chi connectivity index (χ1v) is 5.47. The van der Waals surface area contributed by atoms with Crippen molar-refractivity contribution in [3.8, 4) is 0 Å². The molecule has 15 heavy (non-hydrogen) atoms. The van der Waals surface area contributed by atoms with Crippen LogP contribution in [0.2, 0.25) is 0 Å². The van der Waals surface area contributed by atoms with Gasteiger partial charge in [-0.3, -0.25) is 0 Å². The van der Waals surface area contributed by atoms with Crippen LogP contribution in [0.15, 0.2) is 25.7 Å². The lowest BCUT2D eigenvalue weighted by Crippen LogP contribution is -2.57. The summed E-state index contributed by atoms with van der Waals surface area (Å²) in [6.07, 6.45) is 7.51. The summed E-state index contributed by atoms with van der Waals surface area (Å²) in [6.45, 7) is 7.85. The Hall–Kier alpha value is -0.960. The minimum Gasteiger partial charge on any atom is -0.502 e. The van der Waals surface area contributed by atoms with Gasteiger partial charge < -0.3 is 14.2 Å². The van der Waals surface area contributed by atoms with Gasteiger partial charge in [0.2, 0.25) is 5.79 Å². The van der Waals surface area contributed by atoms with E-state index in [9.17, 15) is 0 Å². The molecule has 2 heterocycles. The van der Waals surface area contributed by atoms with Crippen LogP contribution in [0.25, 0.3) is 0 Å². The van der Waals surface area contributed by atoms with Crippen molar-refractivity contribution in [2.75, 3.05) is 6.61 Å². The molecule has 0 amide bonds. The van der Waals surface area contributed by atoms with E-state index in [0.29, 0.717) is 12.0 Å². The highest BCUT2D eigenvalue weighted by molar-refractivity contribution is 4.96. The van der Waals surface area contributed by atoms with Crippen LogP contribution < -0.4 is 0 Å². The van der Waals surface area contributed by atoms with Gasteiger partial charge in [-0.2, -0.15) is 0 Å². The van der Waals surface area contributed by atoms with Crippen molar-refractivity contribution in [3.63, 3.8) is 0 Å². The lowest BCUT2D eigenvalue weighted by atomic mass is 9.76. The summed E-state index contributed by atoms with van der Waals surface area (Å²) in [5.74, 6) is 0.279. The first kappa shape index (κ1) is 10.6. The molecule has 2 saturated heterocycles. The maximum atomic E-state index is 5.69. The highest BCUT2D eigenvalue weighted by Crippen LogP contribution is 2.48. The van der Waals surface area contributed by atoms with Crippen LogP contribution in [-0.2, 0) is 14.2 Å². The summed E-state index contributed by atoms with van der Waals surface area (Å²) < 4.78 is 16.3. The topological polar surface area (TPSA) is 27.7 Å². The Morgan fingerprint density at radius 2 is 2.13 bits per heavy atom. The van der Waals surface area contributed by atoms with Crippen LogP contribution in [0.5, 0.6) is 0 Å². The maximum absolute atomic E-state index is 5.69. The molecule has 0 spiro atoms. The van der Waals surface area contributed by atoms with E-state index in [-0.39, 0.29) is 5.79 Å². The van der Waals surface area contributed by atoms with E-state index in [1.807, 2.05) is 0 Å². The van der Waals surface area contributed by atoms with Crippen molar-refractivity contribution in [1.82, 2.24) is 0 Å². The van der Waals surface area contributed by atoms with Gasteiger partial charge in [0.1, 0.15) is 0 Å². The minimum absolute atomic E-state index is 0.358. The Balaban J connectivity index is 1.79. The van der Waals surface area contributed by atoms with Crippen LogP contribution >= 0.6 is 0 Å². The van der Waals surface area contributed by atoms with Gasteiger partial charge in [0, 0.05) is 12.8 Å². The smallest absolute Gasteiger partial charge is 0.212 e. The SMILES string of the molecule is C=COCCC1CC2CC(OC=C)(C1)O2. The summed E-state index contributed by atoms with van der Waals surface area (Å²) in [5, 5.41) is 0. The number of fused-ring (bicyclic) bond motifs is 2. The summed E-state index contributed by atoms with van der Waals surface area (Å²) >= 11 is 0. The van der Waals surface area contributed by atoms with E-state index in [2.05, 4.69) is 13.2 Å². The van der Waals surface area contributed by atoms with Crippen LogP contribution in [0.3, 0.4) is 0 Å². The average Bonchev–Trinajstić information content (AvgIpc) is 2.17. The highest BCUT2D eigenvalue weighted by atomic mass is 16.7. The molecule has 2 aliphatic heterocycles. The van der Waals surface area contributed by atoms with Crippen LogP contribution in [-0.4, -0.2) is 18.5 Å². The molecular weight excluding hydrogens is 192 g/mol. The van der Waals surface area contributed by atoms with Crippen molar-refractivity contribution in [3.05, 3.63) is 25.7 Å². The molecule has 1 aliphatic carbocycles. The first-order valence-electron chi connectivity index (χ1n) is 5.47. The quantitative estimate of drug-likeness (QED) is 0.498. The third-order valence-electron chi connectivity index (χ3n) is 3.18. The minimum atomic E-state index is -0.358. The van der Waals surface area contributed by atoms with E-state index >= 15 is 0 Å². The maximum Gasteiger partial charge on any atom is 0.212 e. The largest absolute Gasteiger partial charge is 0.502 e. The van der Waals surface area contributed by atoms with Crippen molar-refractivity contribution < 1.29 is 14.2 Å². The molecule has 3 aliphatic rings. The Morgan fingerprint density at radius 3 is 2.80 bits per heavy atom. The standard InChI is InChI=1S/C12H18O3/c1-3-13-6-5-10-7-11-9-12(8-10,15-11)14-4-2/h3-4,10-11H,1-2,5-9H2. The lowest BCUT2D eigenvalue weighted by Gasteiger charge is -2.53. The Labute approximate surface area is 90.7 Å². The Morgan fingerprint density at radius 1 is 1.33 bits per heavy atom. The van der Waals surface area contributed by atoms with Gasteiger partial charge in [0.15, 0.2) is 0 Å². The van der Waals surface area contributed by atoms with E-state index < -0.39 is 0 Å². The van der Waals surface area contributed by atoms with Gasteiger partial charge in [-0.15, -0.1) is 0 Å². The van der Waals surface area contributed by atoms with Gasteiger partial charge >= 0.3 is 0 Å². The molecule has 3 atom stereocenters. The molecule has 3 unspecified atom stereocenters. The molecule has 3 fully saturated rings. The number of hydrogen-bond acceptors (Lipinski definition) is 3. The third-order valence-corrected chi connectivity index (χ3v) is 3.18. The van der Waals surface area contributed by atoms with E-state index in [1.165, 1.54) is 12.5 Å². The summed E-state index contributed by atoms with van der Waals surface area (Å²) in [5.41, 5.74) is 0. The zero-order valence-electron chi connectivity index (χ0n) is 8.98. The molecule has 1 saturated carbocycles. The predicted molar refractivity (Wildman–Crippen MR) is 57.0 cm³/mol. The van der Waals surface area contributed by atoms with Gasteiger partial charge in [-0.25, -0.2) is 0 Å². The van der Waals surface area contributed by atoms with Gasteiger partial charge in [-0.1, -0.05) is 13.2 Å². The lowest BCUT2D eigenvalue weighted by molar-refractivity contribution is -0.355. The number of ether oxygens (including phenoxy) is 3. The van der Waals surface area contributed by atoms with Crippen molar-refractivity contribution >= 4 is 0 Å². The molecule has 2 bridgehead atoms. The fraction of sp³-hybridized carbons (Fsp3) is 0.667. The Kier molecular flexibility index (Phi) is 3.00.